The Labute approximate surface area is 161 Å². The lowest BCUT2D eigenvalue weighted by Gasteiger charge is -2.18. The van der Waals surface area contributed by atoms with Crippen LogP contribution in [0.5, 0.6) is 5.75 Å². The Bertz CT molecular complexity index is 632. The molecule has 2 atom stereocenters. The van der Waals surface area contributed by atoms with Crippen molar-refractivity contribution in [1.82, 2.24) is 5.32 Å². The topological polar surface area (TPSA) is 41.5 Å². The van der Waals surface area contributed by atoms with Crippen molar-refractivity contribution in [3.05, 3.63) is 64.7 Å². The van der Waals surface area contributed by atoms with Gasteiger partial charge < -0.3 is 15.2 Å². The molecule has 138 valence electrons. The van der Waals surface area contributed by atoms with Crippen molar-refractivity contribution in [3.8, 4) is 5.75 Å². The minimum Gasteiger partial charge on any atom is -0.491 e. The van der Waals surface area contributed by atoms with Crippen LogP contribution in [0, 0.1) is 0 Å². The number of aliphatic hydroxyl groups is 1. The van der Waals surface area contributed by atoms with Crippen LogP contribution in [-0.4, -0.2) is 24.4 Å². The van der Waals surface area contributed by atoms with Crippen molar-refractivity contribution in [2.75, 3.05) is 13.2 Å². The van der Waals surface area contributed by atoms with Gasteiger partial charge in [0.15, 0.2) is 0 Å². The van der Waals surface area contributed by atoms with Gasteiger partial charge in [0.05, 0.1) is 0 Å². The van der Waals surface area contributed by atoms with Gasteiger partial charge in [-0.15, -0.1) is 12.4 Å². The number of rotatable bonds is 8. The molecule has 0 bridgehead atoms. The second-order valence-corrected chi connectivity index (χ2v) is 6.81. The predicted octanol–water partition coefficient (Wildman–Crippen LogP) is 4.98. The summed E-state index contributed by atoms with van der Waals surface area (Å²) in [6.45, 7) is 7.08. The van der Waals surface area contributed by atoms with Crippen molar-refractivity contribution in [1.29, 1.82) is 0 Å². The van der Waals surface area contributed by atoms with Crippen LogP contribution in [0.1, 0.15) is 43.9 Å². The largest absolute Gasteiger partial charge is 0.491 e. The van der Waals surface area contributed by atoms with Gasteiger partial charge in [0.25, 0.3) is 0 Å². The summed E-state index contributed by atoms with van der Waals surface area (Å²) in [5, 5.41) is 14.1. The fraction of sp³-hybridized carbons (Fsp3) is 0.400. The highest BCUT2D eigenvalue weighted by Crippen LogP contribution is 2.19. The molecular weight excluding hydrogens is 357 g/mol. The van der Waals surface area contributed by atoms with Gasteiger partial charge in [0.1, 0.15) is 18.5 Å². The monoisotopic (exact) mass is 383 g/mol. The minimum absolute atomic E-state index is 0. The predicted molar refractivity (Wildman–Crippen MR) is 107 cm³/mol. The maximum Gasteiger partial charge on any atom is 0.119 e. The first-order valence-electron chi connectivity index (χ1n) is 8.35. The van der Waals surface area contributed by atoms with Gasteiger partial charge in [-0.3, -0.25) is 0 Å². The summed E-state index contributed by atoms with van der Waals surface area (Å²) in [5.74, 6) is 1.28. The quantitative estimate of drug-likeness (QED) is 0.675. The maximum atomic E-state index is 10.1. The van der Waals surface area contributed by atoms with E-state index in [4.69, 9.17) is 16.3 Å². The highest BCUT2D eigenvalue weighted by atomic mass is 35.5. The highest BCUT2D eigenvalue weighted by Gasteiger charge is 2.10. The Kier molecular flexibility index (Phi) is 9.30. The molecule has 0 aliphatic rings. The number of hydrogen-bond donors (Lipinski definition) is 2. The number of aliphatic hydroxyl groups excluding tert-OH is 1. The van der Waals surface area contributed by atoms with Crippen molar-refractivity contribution >= 4 is 24.0 Å². The van der Waals surface area contributed by atoms with Crippen LogP contribution < -0.4 is 10.1 Å². The zero-order valence-electron chi connectivity index (χ0n) is 14.9. The maximum absolute atomic E-state index is 10.1. The number of halogens is 2. The van der Waals surface area contributed by atoms with Crippen LogP contribution in [0.3, 0.4) is 0 Å². The molecule has 0 aliphatic carbocycles. The molecule has 3 nitrogen and oxygen atoms in total. The zero-order chi connectivity index (χ0) is 17.5. The molecule has 0 heterocycles. The zero-order valence-corrected chi connectivity index (χ0v) is 16.5. The summed E-state index contributed by atoms with van der Waals surface area (Å²) >= 11 is 6.00. The highest BCUT2D eigenvalue weighted by molar-refractivity contribution is 6.30. The van der Waals surface area contributed by atoms with Gasteiger partial charge in [-0.05, 0) is 48.2 Å². The normalized spacial score (nSPS) is 13.2. The number of ether oxygens (including phenoxy) is 1. The molecule has 2 aromatic rings. The fourth-order valence-corrected chi connectivity index (χ4v) is 2.61. The third-order valence-electron chi connectivity index (χ3n) is 4.00. The van der Waals surface area contributed by atoms with E-state index in [0.717, 1.165) is 16.3 Å². The van der Waals surface area contributed by atoms with E-state index in [9.17, 15) is 5.11 Å². The Morgan fingerprint density at radius 3 is 2.32 bits per heavy atom. The molecule has 0 fully saturated rings. The van der Waals surface area contributed by atoms with Crippen molar-refractivity contribution in [2.24, 2.45) is 0 Å². The van der Waals surface area contributed by atoms with Crippen LogP contribution >= 0.6 is 24.0 Å². The van der Waals surface area contributed by atoms with E-state index in [1.54, 1.807) is 0 Å². The molecule has 2 aromatic carbocycles. The van der Waals surface area contributed by atoms with E-state index in [1.165, 1.54) is 5.56 Å². The van der Waals surface area contributed by atoms with E-state index in [0.29, 0.717) is 12.5 Å². The Morgan fingerprint density at radius 1 is 1.04 bits per heavy atom. The SMILES string of the molecule is CC(C)c1ccc(OCC(O)CNC(C)c2cccc(Cl)c2)cc1.Cl. The summed E-state index contributed by atoms with van der Waals surface area (Å²) in [4.78, 5) is 0. The fourth-order valence-electron chi connectivity index (χ4n) is 2.41. The summed E-state index contributed by atoms with van der Waals surface area (Å²) in [7, 11) is 0. The van der Waals surface area contributed by atoms with Gasteiger partial charge in [0.2, 0.25) is 0 Å². The van der Waals surface area contributed by atoms with Crippen LogP contribution in [0.2, 0.25) is 5.02 Å². The van der Waals surface area contributed by atoms with Crippen LogP contribution in [0.15, 0.2) is 48.5 Å². The van der Waals surface area contributed by atoms with Gasteiger partial charge in [-0.25, -0.2) is 0 Å². The third kappa shape index (κ3) is 7.25. The average molecular weight is 384 g/mol. The molecule has 25 heavy (non-hydrogen) atoms. The number of benzene rings is 2. The molecule has 0 aliphatic heterocycles. The summed E-state index contributed by atoms with van der Waals surface area (Å²) in [6, 6.07) is 15.9. The minimum atomic E-state index is -0.573. The van der Waals surface area contributed by atoms with Gasteiger partial charge in [-0.1, -0.05) is 49.7 Å². The summed E-state index contributed by atoms with van der Waals surface area (Å²) in [5.41, 5.74) is 2.37. The first kappa shape index (κ1) is 21.8. The molecule has 0 aromatic heterocycles. The van der Waals surface area contributed by atoms with Crippen molar-refractivity contribution in [3.63, 3.8) is 0 Å². The van der Waals surface area contributed by atoms with E-state index >= 15 is 0 Å². The summed E-state index contributed by atoms with van der Waals surface area (Å²) < 4.78 is 5.65. The van der Waals surface area contributed by atoms with Crippen LogP contribution in [0.25, 0.3) is 0 Å². The second-order valence-electron chi connectivity index (χ2n) is 6.37. The lowest BCUT2D eigenvalue weighted by molar-refractivity contribution is 0.104. The molecule has 0 radical (unpaired) electrons. The van der Waals surface area contributed by atoms with Gasteiger partial charge >= 0.3 is 0 Å². The average Bonchev–Trinajstić information content (AvgIpc) is 2.58. The van der Waals surface area contributed by atoms with E-state index in [-0.39, 0.29) is 25.1 Å². The lowest BCUT2D eigenvalue weighted by atomic mass is 10.0. The number of nitrogens with one attached hydrogen (secondary N) is 1. The van der Waals surface area contributed by atoms with Crippen molar-refractivity contribution in [2.45, 2.75) is 38.8 Å². The molecule has 0 amide bonds. The molecule has 5 heteroatoms. The van der Waals surface area contributed by atoms with Gasteiger partial charge in [-0.2, -0.15) is 0 Å². The molecule has 0 saturated carbocycles. The van der Waals surface area contributed by atoms with E-state index < -0.39 is 6.10 Å². The Morgan fingerprint density at radius 2 is 1.72 bits per heavy atom. The lowest BCUT2D eigenvalue weighted by Crippen LogP contribution is -2.33. The molecule has 2 N–H and O–H groups in total. The molecule has 0 spiro atoms. The second kappa shape index (κ2) is 10.7. The first-order valence-corrected chi connectivity index (χ1v) is 8.73. The smallest absolute Gasteiger partial charge is 0.119 e. The molecule has 0 saturated heterocycles. The van der Waals surface area contributed by atoms with E-state index in [1.807, 2.05) is 43.3 Å². The van der Waals surface area contributed by atoms with E-state index in [2.05, 4.69) is 31.3 Å². The summed E-state index contributed by atoms with van der Waals surface area (Å²) in [6.07, 6.45) is -0.573. The molecule has 2 rings (SSSR count). The Hall–Kier alpha value is -1.26. The standard InChI is InChI=1S/C20H26ClNO2.ClH/c1-14(2)16-7-9-20(10-8-16)24-13-19(23)12-22-15(3)17-5-4-6-18(21)11-17;/h4-11,14-15,19,22-23H,12-13H2,1-3H3;1H. The number of hydrogen-bond acceptors (Lipinski definition) is 3. The first-order chi connectivity index (χ1) is 11.5. The van der Waals surface area contributed by atoms with Crippen LogP contribution in [-0.2, 0) is 0 Å². The van der Waals surface area contributed by atoms with Crippen LogP contribution in [0.4, 0.5) is 0 Å². The van der Waals surface area contributed by atoms with Gasteiger partial charge in [0, 0.05) is 17.6 Å². The third-order valence-corrected chi connectivity index (χ3v) is 4.23. The molecule has 2 unspecified atom stereocenters. The van der Waals surface area contributed by atoms with Crippen molar-refractivity contribution < 1.29 is 9.84 Å². The Balaban J connectivity index is 0.00000312. The molecular formula is C20H27Cl2NO2.